The number of halogens is 1. The molecule has 1 aliphatic rings. The highest BCUT2D eigenvalue weighted by Crippen LogP contribution is 2.30. The predicted octanol–water partition coefficient (Wildman–Crippen LogP) is 4.12. The highest BCUT2D eigenvalue weighted by molar-refractivity contribution is 5.94. The van der Waals surface area contributed by atoms with Crippen LogP contribution in [0.2, 0.25) is 0 Å². The minimum Gasteiger partial charge on any atom is -0.331 e. The van der Waals surface area contributed by atoms with Gasteiger partial charge in [0.1, 0.15) is 11.6 Å². The Morgan fingerprint density at radius 1 is 1.15 bits per heavy atom. The highest BCUT2D eigenvalue weighted by Gasteiger charge is 2.28. The van der Waals surface area contributed by atoms with Gasteiger partial charge in [-0.3, -0.25) is 4.79 Å². The molecule has 1 amide bonds. The Labute approximate surface area is 158 Å². The predicted molar refractivity (Wildman–Crippen MR) is 102 cm³/mol. The van der Waals surface area contributed by atoms with E-state index in [-0.39, 0.29) is 5.91 Å². The van der Waals surface area contributed by atoms with E-state index < -0.39 is 5.82 Å². The van der Waals surface area contributed by atoms with E-state index in [1.807, 2.05) is 24.4 Å². The molecule has 0 radical (unpaired) electrons. The van der Waals surface area contributed by atoms with E-state index >= 15 is 0 Å². The lowest BCUT2D eigenvalue weighted by molar-refractivity contribution is 0.0728. The number of nitrogens with zero attached hydrogens (tertiary/aromatic N) is 3. The van der Waals surface area contributed by atoms with Crippen molar-refractivity contribution in [2.75, 3.05) is 6.54 Å². The first-order chi connectivity index (χ1) is 13.2. The Morgan fingerprint density at radius 3 is 2.70 bits per heavy atom. The van der Waals surface area contributed by atoms with Gasteiger partial charge >= 0.3 is 0 Å². The minimum atomic E-state index is -0.391. The summed E-state index contributed by atoms with van der Waals surface area (Å²) >= 11 is 0. The van der Waals surface area contributed by atoms with Gasteiger partial charge in [-0.1, -0.05) is 36.4 Å². The third kappa shape index (κ3) is 4.42. The zero-order valence-electron chi connectivity index (χ0n) is 15.1. The van der Waals surface area contributed by atoms with Gasteiger partial charge in [-0.15, -0.1) is 0 Å². The summed E-state index contributed by atoms with van der Waals surface area (Å²) in [6, 6.07) is 16.1. The molecule has 1 saturated carbocycles. The van der Waals surface area contributed by atoms with E-state index in [0.29, 0.717) is 31.1 Å². The molecular weight excluding hydrogens is 341 g/mol. The second-order valence-electron chi connectivity index (χ2n) is 7.10. The van der Waals surface area contributed by atoms with Crippen LogP contribution < -0.4 is 0 Å². The molecule has 0 aliphatic heterocycles. The Balaban J connectivity index is 1.54. The first-order valence-electron chi connectivity index (χ1n) is 9.28. The lowest BCUT2D eigenvalue weighted by Crippen LogP contribution is -2.33. The van der Waals surface area contributed by atoms with Crippen LogP contribution in [0.5, 0.6) is 0 Å². The standard InChI is InChI=1S/C22H22FN3O/c23-20-8-4-7-19(13-20)22(27)26(15-18-9-10-18)16-21-24-11-12-25(21)14-17-5-2-1-3-6-17/h1-8,11-13,18H,9-10,14-16H2. The number of carbonyl (C=O) groups is 1. The molecule has 138 valence electrons. The van der Waals surface area contributed by atoms with Crippen molar-refractivity contribution in [1.82, 2.24) is 14.5 Å². The van der Waals surface area contributed by atoms with Crippen LogP contribution in [0.15, 0.2) is 67.0 Å². The number of carbonyl (C=O) groups excluding carboxylic acids is 1. The molecule has 2 aromatic carbocycles. The third-order valence-electron chi connectivity index (χ3n) is 4.86. The van der Waals surface area contributed by atoms with Crippen LogP contribution in [-0.4, -0.2) is 26.9 Å². The van der Waals surface area contributed by atoms with Crippen LogP contribution in [0.3, 0.4) is 0 Å². The fraction of sp³-hybridized carbons (Fsp3) is 0.273. The smallest absolute Gasteiger partial charge is 0.254 e. The van der Waals surface area contributed by atoms with Gasteiger partial charge in [-0.2, -0.15) is 0 Å². The summed E-state index contributed by atoms with van der Waals surface area (Å²) in [5.74, 6) is 0.845. The van der Waals surface area contributed by atoms with Crippen molar-refractivity contribution in [1.29, 1.82) is 0 Å². The summed E-state index contributed by atoms with van der Waals surface area (Å²) in [6.07, 6.45) is 5.99. The topological polar surface area (TPSA) is 38.1 Å². The Morgan fingerprint density at radius 2 is 1.96 bits per heavy atom. The van der Waals surface area contributed by atoms with Crippen molar-refractivity contribution in [3.8, 4) is 0 Å². The van der Waals surface area contributed by atoms with Crippen molar-refractivity contribution >= 4 is 5.91 Å². The fourth-order valence-corrected chi connectivity index (χ4v) is 3.22. The maximum absolute atomic E-state index is 13.6. The van der Waals surface area contributed by atoms with Gasteiger partial charge < -0.3 is 9.47 Å². The molecule has 0 N–H and O–H groups in total. The van der Waals surface area contributed by atoms with Gasteiger partial charge in [-0.25, -0.2) is 9.37 Å². The van der Waals surface area contributed by atoms with Crippen LogP contribution in [0, 0.1) is 11.7 Å². The molecule has 1 heterocycles. The van der Waals surface area contributed by atoms with E-state index in [9.17, 15) is 9.18 Å². The normalized spacial score (nSPS) is 13.5. The van der Waals surface area contributed by atoms with Crippen molar-refractivity contribution in [3.63, 3.8) is 0 Å². The molecule has 1 fully saturated rings. The molecule has 5 heteroatoms. The van der Waals surface area contributed by atoms with Crippen LogP contribution in [-0.2, 0) is 13.1 Å². The summed E-state index contributed by atoms with van der Waals surface area (Å²) in [6.45, 7) is 1.82. The molecule has 0 atom stereocenters. The molecule has 1 aliphatic carbocycles. The third-order valence-corrected chi connectivity index (χ3v) is 4.86. The van der Waals surface area contributed by atoms with Crippen molar-refractivity contribution in [3.05, 3.63) is 89.8 Å². The summed E-state index contributed by atoms with van der Waals surface area (Å²) in [7, 11) is 0. The van der Waals surface area contributed by atoms with Gasteiger partial charge in [0, 0.05) is 31.0 Å². The molecule has 0 spiro atoms. The summed E-state index contributed by atoms with van der Waals surface area (Å²) < 4.78 is 15.6. The van der Waals surface area contributed by atoms with E-state index in [2.05, 4.69) is 21.7 Å². The first-order valence-corrected chi connectivity index (χ1v) is 9.28. The average molecular weight is 363 g/mol. The summed E-state index contributed by atoms with van der Waals surface area (Å²) in [5, 5.41) is 0. The number of amides is 1. The Bertz CT molecular complexity index is 918. The van der Waals surface area contributed by atoms with Gasteiger partial charge in [0.25, 0.3) is 5.91 Å². The molecule has 3 aromatic rings. The number of imidazole rings is 1. The van der Waals surface area contributed by atoms with Gasteiger partial charge in [0.05, 0.1) is 6.54 Å². The van der Waals surface area contributed by atoms with E-state index in [4.69, 9.17) is 0 Å². The van der Waals surface area contributed by atoms with Gasteiger partial charge in [0.15, 0.2) is 0 Å². The lowest BCUT2D eigenvalue weighted by Gasteiger charge is -2.23. The van der Waals surface area contributed by atoms with Crippen LogP contribution >= 0.6 is 0 Å². The maximum Gasteiger partial charge on any atom is 0.254 e. The molecule has 27 heavy (non-hydrogen) atoms. The monoisotopic (exact) mass is 363 g/mol. The fourth-order valence-electron chi connectivity index (χ4n) is 3.22. The van der Waals surface area contributed by atoms with Crippen molar-refractivity contribution < 1.29 is 9.18 Å². The van der Waals surface area contributed by atoms with Crippen molar-refractivity contribution in [2.45, 2.75) is 25.9 Å². The second-order valence-corrected chi connectivity index (χ2v) is 7.10. The minimum absolute atomic E-state index is 0.143. The van der Waals surface area contributed by atoms with Crippen LogP contribution in [0.1, 0.15) is 34.6 Å². The number of aromatic nitrogens is 2. The SMILES string of the molecule is O=C(c1cccc(F)c1)N(Cc1nccn1Cc1ccccc1)CC1CC1. The number of hydrogen-bond donors (Lipinski definition) is 0. The average Bonchev–Trinajstić information content (AvgIpc) is 3.40. The number of rotatable bonds is 7. The molecule has 0 unspecified atom stereocenters. The second kappa shape index (κ2) is 7.74. The zero-order valence-corrected chi connectivity index (χ0v) is 15.1. The van der Waals surface area contributed by atoms with Crippen LogP contribution in [0.25, 0.3) is 0 Å². The summed E-state index contributed by atoms with van der Waals surface area (Å²) in [5.41, 5.74) is 1.57. The number of benzene rings is 2. The molecule has 1 aromatic heterocycles. The molecule has 4 rings (SSSR count). The van der Waals surface area contributed by atoms with Gasteiger partial charge in [-0.05, 0) is 42.5 Å². The number of hydrogen-bond acceptors (Lipinski definition) is 2. The van der Waals surface area contributed by atoms with Crippen molar-refractivity contribution in [2.24, 2.45) is 5.92 Å². The van der Waals surface area contributed by atoms with Gasteiger partial charge in [0.2, 0.25) is 0 Å². The lowest BCUT2D eigenvalue weighted by atomic mass is 10.2. The highest BCUT2D eigenvalue weighted by atomic mass is 19.1. The maximum atomic E-state index is 13.6. The zero-order chi connectivity index (χ0) is 18.6. The van der Waals surface area contributed by atoms with E-state index in [0.717, 1.165) is 18.7 Å². The quantitative estimate of drug-likeness (QED) is 0.633. The summed E-state index contributed by atoms with van der Waals surface area (Å²) in [4.78, 5) is 19.2. The Hall–Kier alpha value is -2.95. The molecular formula is C22H22FN3O. The molecule has 0 saturated heterocycles. The molecule has 4 nitrogen and oxygen atoms in total. The first kappa shape index (κ1) is 17.5. The molecule has 0 bridgehead atoms. The van der Waals surface area contributed by atoms with E-state index in [1.165, 1.54) is 17.7 Å². The van der Waals surface area contributed by atoms with E-state index in [1.54, 1.807) is 23.2 Å². The Kier molecular flexibility index (Phi) is 5.01. The van der Waals surface area contributed by atoms with Crippen LogP contribution in [0.4, 0.5) is 4.39 Å². The largest absolute Gasteiger partial charge is 0.331 e.